The van der Waals surface area contributed by atoms with E-state index >= 15 is 0 Å². The maximum Gasteiger partial charge on any atom is 0.00989 e. The fourth-order valence-electron chi connectivity index (χ4n) is 1.28. The number of unbranched alkanes of at least 4 members (excludes halogenated alkanes) is 7. The third kappa shape index (κ3) is 11.1. The number of hydrogen-bond acceptors (Lipinski definition) is 0. The Morgan fingerprint density at radius 1 is 0.923 bits per heavy atom. The van der Waals surface area contributed by atoms with E-state index in [0.717, 1.165) is 6.42 Å². The maximum absolute atomic E-state index is 6.57. The van der Waals surface area contributed by atoms with Crippen LogP contribution in [-0.2, 0) is 0 Å². The molecule has 0 atom stereocenters. The summed E-state index contributed by atoms with van der Waals surface area (Å²) in [6, 6.07) is 0. The van der Waals surface area contributed by atoms with Gasteiger partial charge in [-0.1, -0.05) is 51.4 Å². The van der Waals surface area contributed by atoms with Crippen molar-refractivity contribution >= 4 is 0 Å². The first-order valence-electron chi connectivity index (χ1n) is 5.31. The molecule has 0 heteroatoms. The van der Waals surface area contributed by atoms with E-state index in [1.165, 1.54) is 44.9 Å². The normalized spacial score (nSPS) is 8.62. The Morgan fingerprint density at radius 3 is 2.15 bits per heavy atom. The molecule has 0 saturated heterocycles. The van der Waals surface area contributed by atoms with Crippen LogP contribution in [0.3, 0.4) is 0 Å². The van der Waals surface area contributed by atoms with Crippen LogP contribution in [-0.4, -0.2) is 0 Å². The van der Waals surface area contributed by atoms with Crippen molar-refractivity contribution in [1.29, 1.82) is 0 Å². The van der Waals surface area contributed by atoms with Gasteiger partial charge in [0.2, 0.25) is 0 Å². The second-order valence-corrected chi connectivity index (χ2v) is 3.30. The van der Waals surface area contributed by atoms with Crippen LogP contribution in [0.5, 0.6) is 0 Å². The summed E-state index contributed by atoms with van der Waals surface area (Å²) in [6.45, 7) is 2.24. The van der Waals surface area contributed by atoms with Gasteiger partial charge in [0.15, 0.2) is 0 Å². The molecule has 13 heavy (non-hydrogen) atoms. The minimum absolute atomic E-state index is 0.930. The van der Waals surface area contributed by atoms with E-state index in [0.29, 0.717) is 0 Å². The average Bonchev–Trinajstić information content (AvgIpc) is 2.16. The van der Waals surface area contributed by atoms with Gasteiger partial charge in [-0.2, -0.15) is 0 Å². The Kier molecular flexibility index (Phi) is 10.4. The van der Waals surface area contributed by atoms with Gasteiger partial charge in [0.25, 0.3) is 0 Å². The molecule has 0 fully saturated rings. The van der Waals surface area contributed by atoms with E-state index in [1.54, 1.807) is 0 Å². The van der Waals surface area contributed by atoms with Crippen LogP contribution in [0.4, 0.5) is 0 Å². The Balaban J connectivity index is 2.96. The molecule has 71 valence electrons. The molecule has 0 heterocycles. The maximum atomic E-state index is 6.57. The van der Waals surface area contributed by atoms with Gasteiger partial charge in [-0.05, 0) is 24.7 Å². The highest BCUT2D eigenvalue weighted by molar-refractivity contribution is 5.18. The van der Waals surface area contributed by atoms with Gasteiger partial charge in [-0.25, -0.2) is 0 Å². The summed E-state index contributed by atoms with van der Waals surface area (Å²) >= 11 is 0. The highest BCUT2D eigenvalue weighted by atomic mass is 13.9. The molecule has 0 aliphatic rings. The predicted molar refractivity (Wildman–Crippen MR) is 57.5 cm³/mol. The van der Waals surface area contributed by atoms with Crippen LogP contribution in [0.2, 0.25) is 0 Å². The van der Waals surface area contributed by atoms with Crippen molar-refractivity contribution in [2.75, 3.05) is 0 Å². The summed E-state index contributed by atoms with van der Waals surface area (Å²) in [5.41, 5.74) is 0. The molecule has 0 nitrogen and oxygen atoms in total. The highest BCUT2D eigenvalue weighted by Crippen LogP contribution is 2.07. The summed E-state index contributed by atoms with van der Waals surface area (Å²) in [6.07, 6.45) is 16.8. The topological polar surface area (TPSA) is 0 Å². The Bertz CT molecular complexity index is 184. The van der Waals surface area contributed by atoms with Gasteiger partial charge in [0.05, 0.1) is 0 Å². The molecule has 0 spiro atoms. The van der Waals surface area contributed by atoms with E-state index in [-0.39, 0.29) is 0 Å². The van der Waals surface area contributed by atoms with Crippen LogP contribution in [0.15, 0.2) is 0 Å². The summed E-state index contributed by atoms with van der Waals surface area (Å²) in [5.74, 6) is 7.49. The summed E-state index contributed by atoms with van der Waals surface area (Å²) < 4.78 is 0. The van der Waals surface area contributed by atoms with E-state index in [1.807, 2.05) is 0 Å². The van der Waals surface area contributed by atoms with Crippen LogP contribution < -0.4 is 0 Å². The first-order chi connectivity index (χ1) is 6.41. The minimum Gasteiger partial charge on any atom is -0.0891 e. The van der Waals surface area contributed by atoms with Gasteiger partial charge < -0.3 is 0 Å². The SMILES string of the molecule is [C]#CC#CCCCCCCCCC. The lowest BCUT2D eigenvalue weighted by Crippen LogP contribution is -1.78. The molecule has 0 unspecified atom stereocenters. The molecule has 0 rings (SSSR count). The summed E-state index contributed by atoms with van der Waals surface area (Å²) in [4.78, 5) is 0. The standard InChI is InChI=1S/C13H19/c1-3-5-7-9-11-13-12-10-8-6-4-2/h3,5,7,9-13H2,1H3. The molecule has 0 amide bonds. The molecule has 1 radical (unpaired) electrons. The quantitative estimate of drug-likeness (QED) is 0.408. The second-order valence-electron chi connectivity index (χ2n) is 3.30. The van der Waals surface area contributed by atoms with Crippen LogP contribution in [0.1, 0.15) is 58.3 Å². The van der Waals surface area contributed by atoms with Crippen LogP contribution in [0, 0.1) is 24.2 Å². The van der Waals surface area contributed by atoms with Crippen molar-refractivity contribution in [2.45, 2.75) is 58.3 Å². The van der Waals surface area contributed by atoms with Gasteiger partial charge in [0.1, 0.15) is 0 Å². The molecule has 0 saturated carbocycles. The lowest BCUT2D eigenvalue weighted by molar-refractivity contribution is 0.594. The highest BCUT2D eigenvalue weighted by Gasteiger charge is 1.88. The summed E-state index contributed by atoms with van der Waals surface area (Å²) in [5, 5.41) is 0. The van der Waals surface area contributed by atoms with Crippen molar-refractivity contribution < 1.29 is 0 Å². The zero-order valence-corrected chi connectivity index (χ0v) is 8.66. The van der Waals surface area contributed by atoms with Gasteiger partial charge in [0, 0.05) is 6.42 Å². The first kappa shape index (κ1) is 12.1. The lowest BCUT2D eigenvalue weighted by Gasteiger charge is -1.97. The zero-order valence-electron chi connectivity index (χ0n) is 8.66. The molecule has 0 aromatic rings. The largest absolute Gasteiger partial charge is 0.0891 e. The van der Waals surface area contributed by atoms with E-state index in [4.69, 9.17) is 6.42 Å². The predicted octanol–water partition coefficient (Wildman–Crippen LogP) is 3.72. The third-order valence-electron chi connectivity index (χ3n) is 2.06. The van der Waals surface area contributed by atoms with Gasteiger partial charge in [-0.3, -0.25) is 0 Å². The smallest absolute Gasteiger partial charge is 0.00989 e. The zero-order chi connectivity index (χ0) is 9.78. The fraction of sp³-hybridized carbons (Fsp3) is 0.692. The fourth-order valence-corrected chi connectivity index (χ4v) is 1.28. The molecule has 0 aliphatic carbocycles. The average molecular weight is 175 g/mol. The summed E-state index contributed by atoms with van der Waals surface area (Å²) in [7, 11) is 0. The first-order valence-corrected chi connectivity index (χ1v) is 5.31. The molecular weight excluding hydrogens is 156 g/mol. The second kappa shape index (κ2) is 11.1. The van der Waals surface area contributed by atoms with Crippen molar-refractivity contribution in [2.24, 2.45) is 0 Å². The molecule has 0 aromatic carbocycles. The molecule has 0 N–H and O–H groups in total. The monoisotopic (exact) mass is 175 g/mol. The number of rotatable bonds is 7. The number of hydrogen-bond donors (Lipinski definition) is 0. The van der Waals surface area contributed by atoms with Gasteiger partial charge >= 0.3 is 0 Å². The third-order valence-corrected chi connectivity index (χ3v) is 2.06. The minimum atomic E-state index is 0.930. The van der Waals surface area contributed by atoms with Crippen LogP contribution >= 0.6 is 0 Å². The molecule has 0 aromatic heterocycles. The lowest BCUT2D eigenvalue weighted by atomic mass is 10.1. The Labute approximate surface area is 83.1 Å². The van der Waals surface area contributed by atoms with E-state index in [9.17, 15) is 0 Å². The molecule has 0 aliphatic heterocycles. The van der Waals surface area contributed by atoms with Crippen molar-refractivity contribution in [1.82, 2.24) is 0 Å². The molecular formula is C13H19. The van der Waals surface area contributed by atoms with Crippen LogP contribution in [0.25, 0.3) is 0 Å². The molecule has 0 bridgehead atoms. The van der Waals surface area contributed by atoms with Crippen molar-refractivity contribution in [3.63, 3.8) is 0 Å². The van der Waals surface area contributed by atoms with Crippen molar-refractivity contribution in [3.8, 4) is 17.8 Å². The van der Waals surface area contributed by atoms with E-state index in [2.05, 4.69) is 24.7 Å². The Morgan fingerprint density at radius 2 is 1.54 bits per heavy atom. The van der Waals surface area contributed by atoms with E-state index < -0.39 is 0 Å². The van der Waals surface area contributed by atoms with Gasteiger partial charge in [-0.15, -0.1) is 0 Å². The van der Waals surface area contributed by atoms with Crippen molar-refractivity contribution in [3.05, 3.63) is 6.42 Å². The Hall–Kier alpha value is -0.880.